The monoisotopic (exact) mass is 716 g/mol. The van der Waals surface area contributed by atoms with Crippen molar-refractivity contribution in [1.82, 2.24) is 14.5 Å². The lowest BCUT2D eigenvalue weighted by Gasteiger charge is -2.35. The summed E-state index contributed by atoms with van der Waals surface area (Å²) in [6, 6.07) is 0.540. The number of hydrogen-bond donors (Lipinski definition) is 0. The number of ether oxygens (including phenoxy) is 1. The van der Waals surface area contributed by atoms with Crippen molar-refractivity contribution in [2.24, 2.45) is 11.8 Å². The molecule has 0 aliphatic rings. The number of nitrogens with zero attached hydrogens (tertiary/aromatic N) is 3. The minimum absolute atomic E-state index is 0.0318. The Balaban J connectivity index is 2.35. The minimum Gasteiger partial charge on any atom is -0.465 e. The molecule has 0 aromatic carbocycles. The molecule has 0 saturated carbocycles. The van der Waals surface area contributed by atoms with Crippen LogP contribution in [0.25, 0.3) is 0 Å². The van der Waals surface area contributed by atoms with Gasteiger partial charge < -0.3 is 9.30 Å². The Morgan fingerprint density at radius 1 is 0.608 bits per heavy atom. The van der Waals surface area contributed by atoms with E-state index in [4.69, 9.17) is 4.74 Å². The summed E-state index contributed by atoms with van der Waals surface area (Å²) >= 11 is 0. The molecule has 0 bridgehead atoms. The van der Waals surface area contributed by atoms with Crippen molar-refractivity contribution in [3.63, 3.8) is 0 Å². The van der Waals surface area contributed by atoms with Crippen LogP contribution >= 0.6 is 0 Å². The number of esters is 1. The van der Waals surface area contributed by atoms with E-state index in [9.17, 15) is 4.79 Å². The normalized spacial score (nSPS) is 13.0. The van der Waals surface area contributed by atoms with Gasteiger partial charge in [0.1, 0.15) is 0 Å². The highest BCUT2D eigenvalue weighted by Crippen LogP contribution is 2.21. The fourth-order valence-corrected chi connectivity index (χ4v) is 7.74. The first-order chi connectivity index (χ1) is 25.0. The van der Waals surface area contributed by atoms with Crippen LogP contribution in [-0.2, 0) is 16.1 Å². The van der Waals surface area contributed by atoms with E-state index in [1.54, 1.807) is 0 Å². The summed E-state index contributed by atoms with van der Waals surface area (Å²) in [5.41, 5.74) is 0. The standard InChI is InChI=1S/C46H89N3O2/c1-6-9-12-15-17-18-19-20-21-22-26-31-37-49(45(43(4)5)40-48-39-36-47-42-48)38-32-27-23-25-30-35-46(50)51-41-44(33-28-14-11-8-3)34-29-24-16-13-10-7-2/h36,39,42-45H,6-35,37-38,40-41H2,1-5H3. The number of unbranched alkanes of at least 4 members (excludes halogenated alkanes) is 23. The maximum atomic E-state index is 12.6. The van der Waals surface area contributed by atoms with E-state index in [2.05, 4.69) is 55.3 Å². The van der Waals surface area contributed by atoms with Crippen molar-refractivity contribution in [2.45, 2.75) is 240 Å². The Morgan fingerprint density at radius 3 is 1.49 bits per heavy atom. The van der Waals surface area contributed by atoms with E-state index >= 15 is 0 Å². The number of aromatic nitrogens is 2. The number of rotatable bonds is 39. The zero-order valence-electron chi connectivity index (χ0n) is 35.2. The maximum absolute atomic E-state index is 12.6. The molecule has 0 aliphatic heterocycles. The second kappa shape index (κ2) is 35.7. The molecule has 0 radical (unpaired) electrons. The molecule has 0 N–H and O–H groups in total. The van der Waals surface area contributed by atoms with Gasteiger partial charge in [-0.15, -0.1) is 0 Å². The van der Waals surface area contributed by atoms with Crippen LogP contribution in [0, 0.1) is 11.8 Å². The highest BCUT2D eigenvalue weighted by molar-refractivity contribution is 5.69. The van der Waals surface area contributed by atoms with Crippen LogP contribution in [0.2, 0.25) is 0 Å². The third kappa shape index (κ3) is 28.8. The maximum Gasteiger partial charge on any atom is 0.305 e. The molecule has 0 spiro atoms. The molecule has 300 valence electrons. The van der Waals surface area contributed by atoms with Crippen molar-refractivity contribution in [1.29, 1.82) is 0 Å². The van der Waals surface area contributed by atoms with Gasteiger partial charge in [0.05, 0.1) is 12.9 Å². The van der Waals surface area contributed by atoms with Gasteiger partial charge in [-0.05, 0) is 57.0 Å². The van der Waals surface area contributed by atoms with Crippen molar-refractivity contribution < 1.29 is 9.53 Å². The summed E-state index contributed by atoms with van der Waals surface area (Å²) in [6.07, 6.45) is 44.9. The second-order valence-electron chi connectivity index (χ2n) is 16.5. The molecule has 5 heteroatoms. The van der Waals surface area contributed by atoms with Gasteiger partial charge >= 0.3 is 5.97 Å². The van der Waals surface area contributed by atoms with Crippen molar-refractivity contribution in [3.05, 3.63) is 18.7 Å². The SMILES string of the molecule is CCCCCCCCCCCCCCN(CCCCCCCC(=O)OCC(CCCCCC)CCCCCCCC)C(Cn1ccnc1)C(C)C. The molecule has 5 nitrogen and oxygen atoms in total. The topological polar surface area (TPSA) is 47.4 Å². The lowest BCUT2D eigenvalue weighted by atomic mass is 9.95. The van der Waals surface area contributed by atoms with E-state index in [0.29, 0.717) is 30.9 Å². The largest absolute Gasteiger partial charge is 0.465 e. The molecule has 0 fully saturated rings. The molecule has 1 heterocycles. The molecular weight excluding hydrogens is 627 g/mol. The van der Waals surface area contributed by atoms with Gasteiger partial charge in [0.15, 0.2) is 0 Å². The number of carbonyl (C=O) groups is 1. The minimum atomic E-state index is 0.0318. The first kappa shape index (κ1) is 47.7. The fraction of sp³-hybridized carbons (Fsp3) is 0.913. The quantitative estimate of drug-likeness (QED) is 0.0503. The van der Waals surface area contributed by atoms with Gasteiger partial charge in [0, 0.05) is 31.4 Å². The summed E-state index contributed by atoms with van der Waals surface area (Å²) in [5.74, 6) is 1.19. The van der Waals surface area contributed by atoms with E-state index in [1.165, 1.54) is 186 Å². The van der Waals surface area contributed by atoms with E-state index in [1.807, 2.05) is 12.5 Å². The van der Waals surface area contributed by atoms with E-state index in [-0.39, 0.29) is 5.97 Å². The smallest absolute Gasteiger partial charge is 0.305 e. The average Bonchev–Trinajstić information content (AvgIpc) is 3.65. The second-order valence-corrected chi connectivity index (χ2v) is 16.5. The van der Waals surface area contributed by atoms with Gasteiger partial charge in [-0.2, -0.15) is 0 Å². The predicted octanol–water partition coefficient (Wildman–Crippen LogP) is 14.1. The molecule has 0 amide bonds. The summed E-state index contributed by atoms with van der Waals surface area (Å²) < 4.78 is 8.12. The summed E-state index contributed by atoms with van der Waals surface area (Å²) in [4.78, 5) is 19.8. The first-order valence-corrected chi connectivity index (χ1v) is 22.9. The van der Waals surface area contributed by atoms with Crippen LogP contribution in [0.5, 0.6) is 0 Å². The molecule has 1 aromatic heterocycles. The number of carbonyl (C=O) groups excluding carboxylic acids is 1. The van der Waals surface area contributed by atoms with Crippen LogP contribution in [0.1, 0.15) is 227 Å². The van der Waals surface area contributed by atoms with Gasteiger partial charge in [0.2, 0.25) is 0 Å². The fourth-order valence-electron chi connectivity index (χ4n) is 7.74. The number of hydrogen-bond acceptors (Lipinski definition) is 4. The lowest BCUT2D eigenvalue weighted by molar-refractivity contribution is -0.145. The Morgan fingerprint density at radius 2 is 1.04 bits per heavy atom. The van der Waals surface area contributed by atoms with Gasteiger partial charge in [-0.3, -0.25) is 9.69 Å². The third-order valence-electron chi connectivity index (χ3n) is 11.2. The predicted molar refractivity (Wildman–Crippen MR) is 222 cm³/mol. The van der Waals surface area contributed by atoms with Gasteiger partial charge in [-0.25, -0.2) is 4.98 Å². The molecule has 2 atom stereocenters. The molecule has 2 unspecified atom stereocenters. The van der Waals surface area contributed by atoms with E-state index < -0.39 is 0 Å². The van der Waals surface area contributed by atoms with Gasteiger partial charge in [-0.1, -0.05) is 189 Å². The Bertz CT molecular complexity index is 842. The van der Waals surface area contributed by atoms with Crippen LogP contribution in [-0.4, -0.2) is 46.2 Å². The van der Waals surface area contributed by atoms with Gasteiger partial charge in [0.25, 0.3) is 0 Å². The van der Waals surface area contributed by atoms with Crippen LogP contribution in [0.3, 0.4) is 0 Å². The third-order valence-corrected chi connectivity index (χ3v) is 11.2. The summed E-state index contributed by atoms with van der Waals surface area (Å²) in [6.45, 7) is 15.7. The van der Waals surface area contributed by atoms with Crippen LogP contribution in [0.15, 0.2) is 18.7 Å². The van der Waals surface area contributed by atoms with Crippen molar-refractivity contribution in [3.8, 4) is 0 Å². The van der Waals surface area contributed by atoms with Crippen LogP contribution < -0.4 is 0 Å². The zero-order valence-corrected chi connectivity index (χ0v) is 35.2. The summed E-state index contributed by atoms with van der Waals surface area (Å²) in [7, 11) is 0. The van der Waals surface area contributed by atoms with Crippen molar-refractivity contribution >= 4 is 5.97 Å². The highest BCUT2D eigenvalue weighted by atomic mass is 16.5. The molecule has 0 aliphatic carbocycles. The zero-order chi connectivity index (χ0) is 37.0. The molecule has 1 rings (SSSR count). The Hall–Kier alpha value is -1.36. The van der Waals surface area contributed by atoms with E-state index in [0.717, 1.165) is 19.4 Å². The highest BCUT2D eigenvalue weighted by Gasteiger charge is 2.22. The van der Waals surface area contributed by atoms with Crippen LogP contribution in [0.4, 0.5) is 0 Å². The summed E-state index contributed by atoms with van der Waals surface area (Å²) in [5, 5.41) is 0. The average molecular weight is 716 g/mol. The Kier molecular flexibility index (Phi) is 33.3. The van der Waals surface area contributed by atoms with Crippen molar-refractivity contribution in [2.75, 3.05) is 19.7 Å². The number of imidazole rings is 1. The lowest BCUT2D eigenvalue weighted by Crippen LogP contribution is -2.43. The molecule has 0 saturated heterocycles. The molecule has 51 heavy (non-hydrogen) atoms. The first-order valence-electron chi connectivity index (χ1n) is 22.9. The Labute approximate surface area is 319 Å². The molecular formula is C46H89N3O2. The molecule has 1 aromatic rings.